The van der Waals surface area contributed by atoms with E-state index < -0.39 is 0 Å². The summed E-state index contributed by atoms with van der Waals surface area (Å²) >= 11 is 0. The SMILES string of the molecule is CN(C)C(=O)C(=Cc1cccnc1)c1ccc(Oc2ccc(CCC(N)=O)cc2)cc1. The van der Waals surface area contributed by atoms with E-state index in [-0.39, 0.29) is 11.8 Å². The molecule has 1 heterocycles. The summed E-state index contributed by atoms with van der Waals surface area (Å²) in [4.78, 5) is 29.3. The van der Waals surface area contributed by atoms with Crippen LogP contribution in [0.1, 0.15) is 23.1 Å². The Morgan fingerprint density at radius 1 is 1.00 bits per heavy atom. The number of aromatic nitrogens is 1. The normalized spacial score (nSPS) is 11.1. The number of aryl methyl sites for hydroxylation is 1. The number of nitrogens with zero attached hydrogens (tertiary/aromatic N) is 2. The van der Waals surface area contributed by atoms with Gasteiger partial charge < -0.3 is 15.4 Å². The molecule has 0 aliphatic rings. The summed E-state index contributed by atoms with van der Waals surface area (Å²) in [6, 6.07) is 18.7. The Labute approximate surface area is 182 Å². The number of primary amides is 1. The number of carbonyl (C=O) groups excluding carboxylic acids is 2. The minimum Gasteiger partial charge on any atom is -0.457 e. The van der Waals surface area contributed by atoms with Crippen LogP contribution in [0.2, 0.25) is 0 Å². The molecule has 0 saturated heterocycles. The lowest BCUT2D eigenvalue weighted by molar-refractivity contribution is -0.122. The molecule has 0 radical (unpaired) electrons. The number of amides is 2. The van der Waals surface area contributed by atoms with Crippen LogP contribution < -0.4 is 10.5 Å². The molecular weight excluding hydrogens is 390 g/mol. The third-order valence-corrected chi connectivity index (χ3v) is 4.62. The summed E-state index contributed by atoms with van der Waals surface area (Å²) in [5.74, 6) is 0.937. The Hall–Kier alpha value is -3.93. The fourth-order valence-electron chi connectivity index (χ4n) is 2.97. The number of likely N-dealkylation sites (N-methyl/N-ethyl adjacent to an activating group) is 1. The molecule has 0 bridgehead atoms. The molecule has 158 valence electrons. The van der Waals surface area contributed by atoms with Gasteiger partial charge in [0.2, 0.25) is 5.91 Å². The first kappa shape index (κ1) is 21.8. The molecule has 0 spiro atoms. The quantitative estimate of drug-likeness (QED) is 0.565. The summed E-state index contributed by atoms with van der Waals surface area (Å²) in [6.07, 6.45) is 6.17. The number of carbonyl (C=O) groups is 2. The molecule has 6 heteroatoms. The molecule has 3 rings (SSSR count). The number of hydrogen-bond acceptors (Lipinski definition) is 4. The van der Waals surface area contributed by atoms with Crippen LogP contribution in [0, 0.1) is 0 Å². The van der Waals surface area contributed by atoms with Crippen molar-refractivity contribution in [2.45, 2.75) is 12.8 Å². The number of pyridine rings is 1. The van der Waals surface area contributed by atoms with Crippen molar-refractivity contribution in [2.24, 2.45) is 5.73 Å². The lowest BCUT2D eigenvalue weighted by Crippen LogP contribution is -2.22. The predicted molar refractivity (Wildman–Crippen MR) is 121 cm³/mol. The van der Waals surface area contributed by atoms with E-state index in [9.17, 15) is 9.59 Å². The van der Waals surface area contributed by atoms with Gasteiger partial charge >= 0.3 is 0 Å². The smallest absolute Gasteiger partial charge is 0.253 e. The molecular formula is C25H25N3O3. The Kier molecular flexibility index (Phi) is 7.17. The molecule has 0 saturated carbocycles. The fourth-order valence-corrected chi connectivity index (χ4v) is 2.97. The summed E-state index contributed by atoms with van der Waals surface area (Å²) < 4.78 is 5.90. The second-order valence-electron chi connectivity index (χ2n) is 7.28. The van der Waals surface area contributed by atoms with Crippen LogP contribution >= 0.6 is 0 Å². The van der Waals surface area contributed by atoms with E-state index in [1.54, 1.807) is 31.4 Å². The maximum absolute atomic E-state index is 12.7. The van der Waals surface area contributed by atoms with Gasteiger partial charge in [0.25, 0.3) is 5.91 Å². The summed E-state index contributed by atoms with van der Waals surface area (Å²) in [7, 11) is 3.45. The van der Waals surface area contributed by atoms with Crippen LogP contribution in [0.4, 0.5) is 0 Å². The van der Waals surface area contributed by atoms with Crippen molar-refractivity contribution in [1.29, 1.82) is 0 Å². The number of rotatable bonds is 8. The second kappa shape index (κ2) is 10.2. The molecule has 0 atom stereocenters. The van der Waals surface area contributed by atoms with Crippen LogP contribution in [-0.4, -0.2) is 35.8 Å². The summed E-state index contributed by atoms with van der Waals surface area (Å²) in [5.41, 5.74) is 8.42. The summed E-state index contributed by atoms with van der Waals surface area (Å²) in [6.45, 7) is 0. The Bertz CT molecular complexity index is 1060. The van der Waals surface area contributed by atoms with Crippen LogP contribution in [0.3, 0.4) is 0 Å². The molecule has 0 fully saturated rings. The first-order chi connectivity index (χ1) is 14.9. The van der Waals surface area contributed by atoms with Crippen LogP contribution in [0.15, 0.2) is 73.1 Å². The number of ether oxygens (including phenoxy) is 1. The average molecular weight is 415 g/mol. The van der Waals surface area contributed by atoms with Crippen molar-refractivity contribution in [3.05, 3.63) is 89.7 Å². The maximum atomic E-state index is 12.7. The largest absolute Gasteiger partial charge is 0.457 e. The van der Waals surface area contributed by atoms with Crippen LogP contribution in [-0.2, 0) is 16.0 Å². The van der Waals surface area contributed by atoms with Crippen molar-refractivity contribution in [3.63, 3.8) is 0 Å². The Morgan fingerprint density at radius 3 is 2.19 bits per heavy atom. The van der Waals surface area contributed by atoms with E-state index >= 15 is 0 Å². The Morgan fingerprint density at radius 2 is 1.65 bits per heavy atom. The minimum atomic E-state index is -0.315. The van der Waals surface area contributed by atoms with Crippen molar-refractivity contribution >= 4 is 23.5 Å². The molecule has 6 nitrogen and oxygen atoms in total. The zero-order chi connectivity index (χ0) is 22.2. The van der Waals surface area contributed by atoms with Gasteiger partial charge in [-0.1, -0.05) is 30.3 Å². The van der Waals surface area contributed by atoms with Gasteiger partial charge in [0.1, 0.15) is 11.5 Å². The highest BCUT2D eigenvalue weighted by molar-refractivity contribution is 6.24. The van der Waals surface area contributed by atoms with Gasteiger partial charge in [-0.2, -0.15) is 0 Å². The van der Waals surface area contributed by atoms with Gasteiger partial charge in [0.15, 0.2) is 0 Å². The zero-order valence-electron chi connectivity index (χ0n) is 17.6. The van der Waals surface area contributed by atoms with Crippen molar-refractivity contribution in [1.82, 2.24) is 9.88 Å². The fraction of sp³-hybridized carbons (Fsp3) is 0.160. The van der Waals surface area contributed by atoms with E-state index in [0.717, 1.165) is 16.7 Å². The van der Waals surface area contributed by atoms with Gasteiger partial charge in [-0.05, 0) is 59.5 Å². The highest BCUT2D eigenvalue weighted by atomic mass is 16.5. The monoisotopic (exact) mass is 415 g/mol. The van der Waals surface area contributed by atoms with E-state index in [4.69, 9.17) is 10.5 Å². The molecule has 31 heavy (non-hydrogen) atoms. The molecule has 2 amide bonds. The van der Waals surface area contributed by atoms with Gasteiger partial charge in [-0.3, -0.25) is 14.6 Å². The molecule has 0 unspecified atom stereocenters. The Balaban J connectivity index is 1.76. The van der Waals surface area contributed by atoms with E-state index in [1.165, 1.54) is 0 Å². The number of hydrogen-bond donors (Lipinski definition) is 1. The highest BCUT2D eigenvalue weighted by Gasteiger charge is 2.14. The van der Waals surface area contributed by atoms with E-state index in [1.807, 2.05) is 66.7 Å². The van der Waals surface area contributed by atoms with Gasteiger partial charge in [0, 0.05) is 38.5 Å². The lowest BCUT2D eigenvalue weighted by Gasteiger charge is -2.15. The lowest BCUT2D eigenvalue weighted by atomic mass is 10.0. The van der Waals surface area contributed by atoms with E-state index in [2.05, 4.69) is 4.98 Å². The zero-order valence-corrected chi connectivity index (χ0v) is 17.6. The third kappa shape index (κ3) is 6.27. The van der Waals surface area contributed by atoms with Crippen LogP contribution in [0.25, 0.3) is 11.6 Å². The third-order valence-electron chi connectivity index (χ3n) is 4.62. The maximum Gasteiger partial charge on any atom is 0.253 e. The molecule has 3 aromatic rings. The minimum absolute atomic E-state index is 0.0935. The first-order valence-electron chi connectivity index (χ1n) is 9.91. The number of benzene rings is 2. The average Bonchev–Trinajstić information content (AvgIpc) is 2.78. The van der Waals surface area contributed by atoms with E-state index in [0.29, 0.717) is 29.9 Å². The molecule has 0 aliphatic heterocycles. The first-order valence-corrected chi connectivity index (χ1v) is 9.91. The van der Waals surface area contributed by atoms with Crippen LogP contribution in [0.5, 0.6) is 11.5 Å². The van der Waals surface area contributed by atoms with Gasteiger partial charge in [0.05, 0.1) is 0 Å². The number of nitrogens with two attached hydrogens (primary N) is 1. The predicted octanol–water partition coefficient (Wildman–Crippen LogP) is 3.92. The molecule has 2 aromatic carbocycles. The molecule has 0 aliphatic carbocycles. The van der Waals surface area contributed by atoms with Crippen molar-refractivity contribution in [2.75, 3.05) is 14.1 Å². The highest BCUT2D eigenvalue weighted by Crippen LogP contribution is 2.26. The van der Waals surface area contributed by atoms with Gasteiger partial charge in [-0.25, -0.2) is 0 Å². The molecule has 1 aromatic heterocycles. The van der Waals surface area contributed by atoms with Gasteiger partial charge in [-0.15, -0.1) is 0 Å². The summed E-state index contributed by atoms with van der Waals surface area (Å²) in [5, 5.41) is 0. The standard InChI is InChI=1S/C25H25N3O3/c1-28(2)25(30)23(16-19-4-3-15-27-17-19)20-8-12-22(13-9-20)31-21-10-5-18(6-11-21)7-14-24(26)29/h3-6,8-13,15-17H,7,14H2,1-2H3,(H2,26,29). The second-order valence-corrected chi connectivity index (χ2v) is 7.28. The molecule has 2 N–H and O–H groups in total. The van der Waals surface area contributed by atoms with Crippen molar-refractivity contribution < 1.29 is 14.3 Å². The topological polar surface area (TPSA) is 85.5 Å². The van der Waals surface area contributed by atoms with Crippen molar-refractivity contribution in [3.8, 4) is 11.5 Å².